The molecule has 0 saturated heterocycles. The molecule has 0 aliphatic carbocycles. The van der Waals surface area contributed by atoms with Crippen molar-refractivity contribution in [1.29, 1.82) is 0 Å². The van der Waals surface area contributed by atoms with Gasteiger partial charge >= 0.3 is 5.97 Å². The summed E-state index contributed by atoms with van der Waals surface area (Å²) in [5, 5.41) is 3.39. The number of ether oxygens (including phenoxy) is 2. The van der Waals surface area contributed by atoms with Crippen molar-refractivity contribution in [2.75, 3.05) is 11.9 Å². The maximum absolute atomic E-state index is 12.5. The third-order valence-electron chi connectivity index (χ3n) is 4.12. The molecule has 0 aliphatic rings. The fourth-order valence-electron chi connectivity index (χ4n) is 2.65. The maximum Gasteiger partial charge on any atom is 0.344 e. The Morgan fingerprint density at radius 2 is 1.59 bits per heavy atom. The number of esters is 1. The fraction of sp³-hybridized carbons (Fsp3) is 0.130. The molecule has 0 heterocycles. The molecule has 3 rings (SSSR count). The van der Waals surface area contributed by atoms with E-state index < -0.39 is 18.0 Å². The lowest BCUT2D eigenvalue weighted by molar-refractivity contribution is -0.155. The van der Waals surface area contributed by atoms with E-state index in [1.54, 1.807) is 30.3 Å². The van der Waals surface area contributed by atoms with Gasteiger partial charge in [-0.05, 0) is 42.8 Å². The Morgan fingerprint density at radius 3 is 2.31 bits per heavy atom. The summed E-state index contributed by atoms with van der Waals surface area (Å²) < 4.78 is 10.5. The first-order chi connectivity index (χ1) is 14.0. The smallest absolute Gasteiger partial charge is 0.344 e. The third-order valence-corrected chi connectivity index (χ3v) is 4.37. The fourth-order valence-corrected chi connectivity index (χ4v) is 2.78. The van der Waals surface area contributed by atoms with Gasteiger partial charge in [0.2, 0.25) is 0 Å². The molecule has 1 atom stereocenters. The molecule has 0 aromatic heterocycles. The Balaban J connectivity index is 1.57. The van der Waals surface area contributed by atoms with Crippen LogP contribution in [-0.4, -0.2) is 24.6 Å². The van der Waals surface area contributed by atoms with E-state index in [9.17, 15) is 9.59 Å². The summed E-state index contributed by atoms with van der Waals surface area (Å²) >= 11 is 5.80. The Kier molecular flexibility index (Phi) is 6.87. The molecule has 0 aliphatic heterocycles. The van der Waals surface area contributed by atoms with Gasteiger partial charge in [0.25, 0.3) is 5.91 Å². The summed E-state index contributed by atoms with van der Waals surface area (Å²) in [5.74, 6) is -0.576. The number of benzene rings is 3. The van der Waals surface area contributed by atoms with Crippen LogP contribution in [0.3, 0.4) is 0 Å². The van der Waals surface area contributed by atoms with E-state index in [0.717, 1.165) is 11.1 Å². The summed E-state index contributed by atoms with van der Waals surface area (Å²) in [6.07, 6.45) is -0.972. The SMILES string of the molecule is C[C@@H](OC(=O)COc1ccc(Cl)cc1)C(=O)Nc1ccccc1-c1ccccc1. The van der Waals surface area contributed by atoms with Crippen LogP contribution in [-0.2, 0) is 14.3 Å². The molecule has 0 unspecified atom stereocenters. The summed E-state index contributed by atoms with van der Waals surface area (Å²) in [6, 6.07) is 23.8. The minimum Gasteiger partial charge on any atom is -0.482 e. The first-order valence-electron chi connectivity index (χ1n) is 9.06. The van der Waals surface area contributed by atoms with Crippen molar-refractivity contribution in [1.82, 2.24) is 0 Å². The molecular formula is C23H20ClNO4. The Bertz CT molecular complexity index is 974. The Hall–Kier alpha value is -3.31. The topological polar surface area (TPSA) is 64.6 Å². The van der Waals surface area contributed by atoms with E-state index in [-0.39, 0.29) is 6.61 Å². The van der Waals surface area contributed by atoms with Crippen molar-refractivity contribution in [2.24, 2.45) is 0 Å². The van der Waals surface area contributed by atoms with Crippen LogP contribution >= 0.6 is 11.6 Å². The minimum atomic E-state index is -0.972. The van der Waals surface area contributed by atoms with Crippen molar-refractivity contribution < 1.29 is 19.1 Å². The third kappa shape index (κ3) is 5.83. The molecule has 5 nitrogen and oxygen atoms in total. The van der Waals surface area contributed by atoms with Gasteiger partial charge < -0.3 is 14.8 Å². The second-order valence-corrected chi connectivity index (χ2v) is 6.71. The summed E-state index contributed by atoms with van der Waals surface area (Å²) in [4.78, 5) is 24.5. The number of rotatable bonds is 7. The summed E-state index contributed by atoms with van der Waals surface area (Å²) in [7, 11) is 0. The van der Waals surface area contributed by atoms with Gasteiger partial charge in [0, 0.05) is 16.3 Å². The monoisotopic (exact) mass is 409 g/mol. The first-order valence-corrected chi connectivity index (χ1v) is 9.44. The molecule has 0 fully saturated rings. The van der Waals surface area contributed by atoms with Crippen molar-refractivity contribution in [3.8, 4) is 16.9 Å². The molecule has 29 heavy (non-hydrogen) atoms. The van der Waals surface area contributed by atoms with Crippen molar-refractivity contribution in [2.45, 2.75) is 13.0 Å². The van der Waals surface area contributed by atoms with Gasteiger partial charge in [0.15, 0.2) is 12.7 Å². The molecule has 1 amide bonds. The van der Waals surface area contributed by atoms with Gasteiger partial charge in [-0.15, -0.1) is 0 Å². The van der Waals surface area contributed by atoms with Gasteiger partial charge in [0.05, 0.1) is 0 Å². The molecular weight excluding hydrogens is 390 g/mol. The number of carbonyl (C=O) groups excluding carboxylic acids is 2. The van der Waals surface area contributed by atoms with E-state index in [0.29, 0.717) is 16.5 Å². The van der Waals surface area contributed by atoms with E-state index in [1.807, 2.05) is 48.5 Å². The highest BCUT2D eigenvalue weighted by molar-refractivity contribution is 6.30. The van der Waals surface area contributed by atoms with Gasteiger partial charge in [-0.1, -0.05) is 60.1 Å². The number of anilines is 1. The van der Waals surface area contributed by atoms with Gasteiger partial charge in [0.1, 0.15) is 5.75 Å². The van der Waals surface area contributed by atoms with E-state index in [1.165, 1.54) is 6.92 Å². The molecule has 0 radical (unpaired) electrons. The van der Waals surface area contributed by atoms with Crippen LogP contribution in [0.5, 0.6) is 5.75 Å². The van der Waals surface area contributed by atoms with Crippen LogP contribution < -0.4 is 10.1 Å². The largest absolute Gasteiger partial charge is 0.482 e. The van der Waals surface area contributed by atoms with Crippen molar-refractivity contribution in [3.05, 3.63) is 83.9 Å². The molecule has 1 N–H and O–H groups in total. The van der Waals surface area contributed by atoms with Crippen LogP contribution in [0.25, 0.3) is 11.1 Å². The first kappa shape index (κ1) is 20.4. The standard InChI is InChI=1S/C23H20ClNO4/c1-16(29-22(26)15-28-19-13-11-18(24)12-14-19)23(27)25-21-10-6-5-9-20(21)17-7-3-2-4-8-17/h2-14,16H,15H2,1H3,(H,25,27)/t16-/m1/s1. The molecule has 0 spiro atoms. The van der Waals surface area contributed by atoms with E-state index in [2.05, 4.69) is 5.32 Å². The number of carbonyl (C=O) groups is 2. The van der Waals surface area contributed by atoms with E-state index >= 15 is 0 Å². The molecule has 6 heteroatoms. The van der Waals surface area contributed by atoms with E-state index in [4.69, 9.17) is 21.1 Å². The lowest BCUT2D eigenvalue weighted by Crippen LogP contribution is -2.31. The maximum atomic E-state index is 12.5. The zero-order valence-corrected chi connectivity index (χ0v) is 16.6. The normalized spacial score (nSPS) is 11.4. The lowest BCUT2D eigenvalue weighted by Gasteiger charge is -2.16. The number of para-hydroxylation sites is 1. The second kappa shape index (κ2) is 9.75. The molecule has 0 bridgehead atoms. The predicted octanol–water partition coefficient (Wildman–Crippen LogP) is 4.96. The van der Waals surface area contributed by atoms with Crippen LogP contribution in [0.2, 0.25) is 5.02 Å². The number of halogens is 1. The van der Waals surface area contributed by atoms with Crippen molar-refractivity contribution >= 4 is 29.2 Å². The summed E-state index contributed by atoms with van der Waals surface area (Å²) in [5.41, 5.74) is 2.50. The van der Waals surface area contributed by atoms with Crippen LogP contribution in [0.1, 0.15) is 6.92 Å². The average molecular weight is 410 g/mol. The summed E-state index contributed by atoms with van der Waals surface area (Å²) in [6.45, 7) is 1.21. The second-order valence-electron chi connectivity index (χ2n) is 6.28. The zero-order valence-electron chi connectivity index (χ0n) is 15.8. The highest BCUT2D eigenvalue weighted by Crippen LogP contribution is 2.27. The van der Waals surface area contributed by atoms with Crippen LogP contribution in [0, 0.1) is 0 Å². The number of hydrogen-bond donors (Lipinski definition) is 1. The molecule has 148 valence electrons. The zero-order chi connectivity index (χ0) is 20.6. The number of amides is 1. The minimum absolute atomic E-state index is 0.306. The highest BCUT2D eigenvalue weighted by atomic mass is 35.5. The Morgan fingerprint density at radius 1 is 0.931 bits per heavy atom. The molecule has 3 aromatic rings. The average Bonchev–Trinajstić information content (AvgIpc) is 2.74. The highest BCUT2D eigenvalue weighted by Gasteiger charge is 2.19. The van der Waals surface area contributed by atoms with Crippen molar-refractivity contribution in [3.63, 3.8) is 0 Å². The predicted molar refractivity (Wildman–Crippen MR) is 113 cm³/mol. The van der Waals surface area contributed by atoms with Gasteiger partial charge in [-0.25, -0.2) is 4.79 Å². The lowest BCUT2D eigenvalue weighted by atomic mass is 10.0. The molecule has 0 saturated carbocycles. The van der Waals surface area contributed by atoms with Crippen LogP contribution in [0.15, 0.2) is 78.9 Å². The molecule has 3 aromatic carbocycles. The van der Waals surface area contributed by atoms with Gasteiger partial charge in [-0.3, -0.25) is 4.79 Å². The number of nitrogens with one attached hydrogen (secondary N) is 1. The number of hydrogen-bond acceptors (Lipinski definition) is 4. The van der Waals surface area contributed by atoms with Crippen LogP contribution in [0.4, 0.5) is 5.69 Å². The Labute approximate surface area is 174 Å². The van der Waals surface area contributed by atoms with Gasteiger partial charge in [-0.2, -0.15) is 0 Å². The quantitative estimate of drug-likeness (QED) is 0.560.